The molecule has 0 amide bonds. The highest BCUT2D eigenvalue weighted by atomic mass is 14.6. The molecule has 3 fully saturated rings. The van der Waals surface area contributed by atoms with Gasteiger partial charge in [0.15, 0.2) is 0 Å². The van der Waals surface area contributed by atoms with Gasteiger partial charge in [0.1, 0.15) is 0 Å². The third kappa shape index (κ3) is 2.01. The van der Waals surface area contributed by atoms with Crippen LogP contribution < -0.4 is 0 Å². The maximum atomic E-state index is 9.46. The van der Waals surface area contributed by atoms with E-state index in [1.54, 1.807) is 0 Å². The summed E-state index contributed by atoms with van der Waals surface area (Å²) in [6.45, 7) is 4.85. The van der Waals surface area contributed by atoms with Gasteiger partial charge in [-0.2, -0.15) is 5.26 Å². The van der Waals surface area contributed by atoms with Crippen LogP contribution in [0.15, 0.2) is 11.6 Å². The number of fused-ring (bicyclic) bond motifs is 4. The van der Waals surface area contributed by atoms with E-state index in [4.69, 9.17) is 0 Å². The zero-order chi connectivity index (χ0) is 14.6. The van der Waals surface area contributed by atoms with Crippen LogP contribution in [-0.4, -0.2) is 0 Å². The summed E-state index contributed by atoms with van der Waals surface area (Å²) in [5, 5.41) is 9.46. The van der Waals surface area contributed by atoms with Crippen LogP contribution in [0.2, 0.25) is 0 Å². The summed E-state index contributed by atoms with van der Waals surface area (Å²) in [5.41, 5.74) is 1.34. The van der Waals surface area contributed by atoms with Crippen molar-refractivity contribution in [3.8, 4) is 6.07 Å². The minimum absolute atomic E-state index is 0.227. The molecule has 4 rings (SSSR count). The van der Waals surface area contributed by atoms with E-state index in [0.29, 0.717) is 0 Å². The van der Waals surface area contributed by atoms with Crippen molar-refractivity contribution >= 4 is 0 Å². The minimum atomic E-state index is 0.227. The molecule has 1 heteroatoms. The molecule has 0 aromatic rings. The lowest BCUT2D eigenvalue weighted by Gasteiger charge is -2.54. The summed E-state index contributed by atoms with van der Waals surface area (Å²) in [6, 6.07) is 2.52. The number of hydrogen-bond acceptors (Lipinski definition) is 1. The number of nitrogens with zero attached hydrogens (tertiary/aromatic N) is 1. The molecule has 7 atom stereocenters. The summed E-state index contributed by atoms with van der Waals surface area (Å²) in [7, 11) is 0. The highest BCUT2D eigenvalue weighted by Crippen LogP contribution is 2.61. The lowest BCUT2D eigenvalue weighted by atomic mass is 9.50. The van der Waals surface area contributed by atoms with E-state index in [1.807, 2.05) is 0 Å². The lowest BCUT2D eigenvalue weighted by molar-refractivity contribution is -0.0355. The van der Waals surface area contributed by atoms with E-state index in [-0.39, 0.29) is 5.41 Å². The van der Waals surface area contributed by atoms with Gasteiger partial charge in [0, 0.05) is 11.0 Å². The van der Waals surface area contributed by atoms with Gasteiger partial charge in [-0.15, -0.1) is 0 Å². The second kappa shape index (κ2) is 4.87. The quantitative estimate of drug-likeness (QED) is 0.589. The Labute approximate surface area is 129 Å². The summed E-state index contributed by atoms with van der Waals surface area (Å²) < 4.78 is 0. The van der Waals surface area contributed by atoms with Crippen molar-refractivity contribution in [3.63, 3.8) is 0 Å². The highest BCUT2D eigenvalue weighted by molar-refractivity contribution is 5.35. The Kier molecular flexibility index (Phi) is 3.21. The second-order valence-corrected chi connectivity index (χ2v) is 8.86. The van der Waals surface area contributed by atoms with Crippen LogP contribution in [0.25, 0.3) is 0 Å². The number of hydrogen-bond donors (Lipinski definition) is 0. The van der Waals surface area contributed by atoms with Crippen molar-refractivity contribution in [1.29, 1.82) is 5.26 Å². The number of allylic oxidation sites excluding steroid dienone is 2. The van der Waals surface area contributed by atoms with E-state index in [2.05, 4.69) is 26.0 Å². The van der Waals surface area contributed by atoms with Gasteiger partial charge in [0.2, 0.25) is 0 Å². The molecule has 0 spiro atoms. The van der Waals surface area contributed by atoms with Gasteiger partial charge >= 0.3 is 0 Å². The fourth-order valence-electron chi connectivity index (χ4n) is 6.68. The normalized spacial score (nSPS) is 52.1. The van der Waals surface area contributed by atoms with Gasteiger partial charge < -0.3 is 0 Å². The first-order valence-corrected chi connectivity index (χ1v) is 9.22. The third-order valence-electron chi connectivity index (χ3n) is 7.85. The van der Waals surface area contributed by atoms with Crippen LogP contribution in [-0.2, 0) is 0 Å². The summed E-state index contributed by atoms with van der Waals surface area (Å²) in [4.78, 5) is 0. The van der Waals surface area contributed by atoms with Crippen LogP contribution in [0.3, 0.4) is 0 Å². The zero-order valence-electron chi connectivity index (χ0n) is 13.6. The lowest BCUT2D eigenvalue weighted by Crippen LogP contribution is -2.46. The predicted octanol–water partition coefficient (Wildman–Crippen LogP) is 5.33. The topological polar surface area (TPSA) is 23.8 Å². The fraction of sp³-hybridized carbons (Fsp3) is 0.850. The maximum Gasteiger partial charge on any atom is 0.0949 e. The third-order valence-corrected chi connectivity index (χ3v) is 7.85. The van der Waals surface area contributed by atoms with Crippen molar-refractivity contribution in [1.82, 2.24) is 0 Å². The van der Waals surface area contributed by atoms with Crippen molar-refractivity contribution in [2.45, 2.75) is 65.2 Å². The molecule has 0 radical (unpaired) electrons. The molecule has 3 saturated carbocycles. The average molecular weight is 283 g/mol. The molecule has 114 valence electrons. The average Bonchev–Trinajstić information content (AvgIpc) is 2.80. The van der Waals surface area contributed by atoms with Gasteiger partial charge in [-0.3, -0.25) is 0 Å². The van der Waals surface area contributed by atoms with E-state index in [9.17, 15) is 5.26 Å². The van der Waals surface area contributed by atoms with E-state index < -0.39 is 0 Å². The SMILES string of the molecule is C[C@H]1CC[C@@H]2[C@H](CC[C@@H]3C[C@]4(C)C(C#N)=CC[C@H]4C[C@H]32)C1. The molecule has 0 N–H and O–H groups in total. The Balaban J connectivity index is 1.56. The van der Waals surface area contributed by atoms with Crippen LogP contribution in [0.4, 0.5) is 0 Å². The largest absolute Gasteiger partial charge is 0.193 e. The molecule has 0 bridgehead atoms. The first-order valence-electron chi connectivity index (χ1n) is 9.22. The van der Waals surface area contributed by atoms with Gasteiger partial charge in [-0.25, -0.2) is 0 Å². The van der Waals surface area contributed by atoms with Crippen molar-refractivity contribution in [2.75, 3.05) is 0 Å². The Bertz CT molecular complexity index is 498. The maximum absolute atomic E-state index is 9.46. The molecule has 0 aliphatic heterocycles. The Morgan fingerprint density at radius 3 is 2.71 bits per heavy atom. The Morgan fingerprint density at radius 2 is 1.90 bits per heavy atom. The minimum Gasteiger partial charge on any atom is -0.193 e. The van der Waals surface area contributed by atoms with Crippen LogP contribution in [0.1, 0.15) is 65.2 Å². The molecule has 4 aliphatic carbocycles. The summed E-state index contributed by atoms with van der Waals surface area (Å²) in [5.74, 6) is 5.69. The molecule has 1 nitrogen and oxygen atoms in total. The first-order chi connectivity index (χ1) is 10.1. The van der Waals surface area contributed by atoms with Gasteiger partial charge in [-0.05, 0) is 80.5 Å². The Hall–Kier alpha value is -0.770. The molecule has 0 saturated heterocycles. The molecule has 0 unspecified atom stereocenters. The first kappa shape index (κ1) is 13.9. The van der Waals surface area contributed by atoms with Crippen molar-refractivity contribution in [2.24, 2.45) is 40.9 Å². The van der Waals surface area contributed by atoms with Gasteiger partial charge in [-0.1, -0.05) is 26.3 Å². The van der Waals surface area contributed by atoms with Crippen LogP contribution in [0, 0.1) is 52.3 Å². The smallest absolute Gasteiger partial charge is 0.0949 e. The second-order valence-electron chi connectivity index (χ2n) is 8.86. The number of rotatable bonds is 0. The molecule has 0 heterocycles. The fourth-order valence-corrected chi connectivity index (χ4v) is 6.68. The van der Waals surface area contributed by atoms with Gasteiger partial charge in [0.05, 0.1) is 6.07 Å². The monoisotopic (exact) mass is 283 g/mol. The highest BCUT2D eigenvalue weighted by Gasteiger charge is 2.53. The van der Waals surface area contributed by atoms with Gasteiger partial charge in [0.25, 0.3) is 0 Å². The summed E-state index contributed by atoms with van der Waals surface area (Å²) >= 11 is 0. The summed E-state index contributed by atoms with van der Waals surface area (Å²) in [6.07, 6.45) is 13.5. The zero-order valence-corrected chi connectivity index (χ0v) is 13.6. The molecular formula is C20H29N. The molecule has 21 heavy (non-hydrogen) atoms. The predicted molar refractivity (Wildman–Crippen MR) is 85.4 cm³/mol. The number of nitriles is 1. The van der Waals surface area contributed by atoms with E-state index >= 15 is 0 Å². The molecule has 4 aliphatic rings. The molecular weight excluding hydrogens is 254 g/mol. The Morgan fingerprint density at radius 1 is 1.10 bits per heavy atom. The van der Waals surface area contributed by atoms with Crippen molar-refractivity contribution < 1.29 is 0 Å². The van der Waals surface area contributed by atoms with E-state index in [0.717, 1.165) is 41.1 Å². The van der Waals surface area contributed by atoms with Crippen LogP contribution >= 0.6 is 0 Å². The van der Waals surface area contributed by atoms with Crippen molar-refractivity contribution in [3.05, 3.63) is 11.6 Å². The van der Waals surface area contributed by atoms with Crippen LogP contribution in [0.5, 0.6) is 0 Å². The standard InChI is InChI=1S/C20H29N/c1-13-3-8-18-14(9-13)4-5-15-11-20(2)16(10-19(15)18)6-7-17(20)12-21/h7,13-16,18-19H,3-6,8-11H2,1-2H3/t13-,14+,15+,16-,18+,19+,20-/m0/s1. The molecule has 0 aromatic heterocycles. The molecule has 0 aromatic carbocycles. The van der Waals surface area contributed by atoms with E-state index in [1.165, 1.54) is 51.4 Å².